The highest BCUT2D eigenvalue weighted by Gasteiger charge is 2.18. The van der Waals surface area contributed by atoms with Crippen LogP contribution in [0.15, 0.2) is 57.1 Å². The Bertz CT molecular complexity index is 882. The van der Waals surface area contributed by atoms with E-state index in [-0.39, 0.29) is 0 Å². The zero-order chi connectivity index (χ0) is 14.1. The molecule has 0 atom stereocenters. The van der Waals surface area contributed by atoms with Crippen LogP contribution in [0.5, 0.6) is 0 Å². The molecule has 8 nitrogen and oxygen atoms in total. The van der Waals surface area contributed by atoms with Crippen molar-refractivity contribution in [3.63, 3.8) is 0 Å². The van der Waals surface area contributed by atoms with Crippen LogP contribution in [0.1, 0.15) is 0 Å². The number of nitrogens with one attached hydrogen (secondary N) is 3. The fourth-order valence-corrected chi connectivity index (χ4v) is 1.93. The lowest BCUT2D eigenvalue weighted by Gasteiger charge is -2.00. The molecule has 1 aromatic carbocycles. The second-order valence-electron chi connectivity index (χ2n) is 4.02. The van der Waals surface area contributed by atoms with Crippen LogP contribution < -0.4 is 21.7 Å². The third kappa shape index (κ3) is 1.88. The molecule has 0 amide bonds. The summed E-state index contributed by atoms with van der Waals surface area (Å²) in [5, 5.41) is 0. The molecule has 0 radical (unpaired) electrons. The molecular weight excluding hydrogens is 262 g/mol. The summed E-state index contributed by atoms with van der Waals surface area (Å²) in [6.07, 6.45) is 3.09. The number of hydrogen-bond acceptors (Lipinski definition) is 3. The van der Waals surface area contributed by atoms with Gasteiger partial charge in [0.25, 0.3) is 0 Å². The van der Waals surface area contributed by atoms with Crippen LogP contribution in [0.3, 0.4) is 0 Å². The van der Waals surface area contributed by atoms with E-state index in [4.69, 9.17) is 0 Å². The Hall–Kier alpha value is -3.16. The highest BCUT2D eigenvalue weighted by atomic mass is 16.2. The Morgan fingerprint density at radius 2 is 1.60 bits per heavy atom. The Labute approximate surface area is 111 Å². The zero-order valence-corrected chi connectivity index (χ0v) is 10.2. The number of nitrogens with zero attached hydrogens (tertiary/aromatic N) is 2. The first-order valence-corrected chi connectivity index (χ1v) is 5.77. The minimum absolute atomic E-state index is 0.533. The largest absolute Gasteiger partial charge is 0.370 e. The number of rotatable bonds is 2. The Balaban J connectivity index is 2.29. The van der Waals surface area contributed by atoms with Gasteiger partial charge in [-0.1, -0.05) is 22.9 Å². The van der Waals surface area contributed by atoms with Gasteiger partial charge >= 0.3 is 22.9 Å². The molecule has 0 unspecified atom stereocenters. The summed E-state index contributed by atoms with van der Waals surface area (Å²) in [7, 11) is 0. The van der Waals surface area contributed by atoms with Crippen LogP contribution in [-0.2, 0) is 0 Å². The third-order valence-electron chi connectivity index (χ3n) is 2.75. The first kappa shape index (κ1) is 11.9. The van der Waals surface area contributed by atoms with E-state index in [1.54, 1.807) is 6.20 Å². The lowest BCUT2D eigenvalue weighted by atomic mass is 10.2. The maximum atomic E-state index is 11.8. The van der Waals surface area contributed by atoms with E-state index in [9.17, 15) is 14.4 Å². The predicted octanol–water partition coefficient (Wildman–Crippen LogP) is -1.18. The highest BCUT2D eigenvalue weighted by molar-refractivity contribution is 5.51. The van der Waals surface area contributed by atoms with Gasteiger partial charge in [0, 0.05) is 0 Å². The Kier molecular flexibility index (Phi) is 2.68. The summed E-state index contributed by atoms with van der Waals surface area (Å²) in [6, 6.07) is 9.18. The highest BCUT2D eigenvalue weighted by Crippen LogP contribution is 2.10. The molecule has 0 bridgehead atoms. The van der Waals surface area contributed by atoms with E-state index in [2.05, 4.69) is 4.98 Å². The molecule has 0 saturated heterocycles. The summed E-state index contributed by atoms with van der Waals surface area (Å²) in [5.41, 5.74) is -1.69. The molecule has 0 saturated carbocycles. The monoisotopic (exact) mass is 272 g/mol. The van der Waals surface area contributed by atoms with E-state index < -0.39 is 17.1 Å². The normalized spacial score (nSPS) is 10.6. The lowest BCUT2D eigenvalue weighted by molar-refractivity contribution is -0.721. The summed E-state index contributed by atoms with van der Waals surface area (Å²) >= 11 is 0. The Morgan fingerprint density at radius 1 is 0.950 bits per heavy atom. The molecule has 0 aliphatic rings. The minimum atomic E-state index is -0.839. The van der Waals surface area contributed by atoms with Gasteiger partial charge in [0.1, 0.15) is 6.20 Å². The van der Waals surface area contributed by atoms with Gasteiger partial charge in [-0.25, -0.2) is 19.4 Å². The van der Waals surface area contributed by atoms with Crippen molar-refractivity contribution in [2.24, 2.45) is 0 Å². The van der Waals surface area contributed by atoms with Crippen LogP contribution in [0.4, 0.5) is 0 Å². The van der Waals surface area contributed by atoms with E-state index in [0.29, 0.717) is 5.82 Å². The summed E-state index contributed by atoms with van der Waals surface area (Å²) in [4.78, 5) is 41.6. The second-order valence-corrected chi connectivity index (χ2v) is 4.02. The van der Waals surface area contributed by atoms with E-state index >= 15 is 0 Å². The van der Waals surface area contributed by atoms with Crippen molar-refractivity contribution in [2.45, 2.75) is 0 Å². The quantitative estimate of drug-likeness (QED) is 0.511. The van der Waals surface area contributed by atoms with E-state index in [1.165, 1.54) is 10.9 Å². The maximum Gasteiger partial charge on any atom is 0.370 e. The molecule has 100 valence electrons. The van der Waals surface area contributed by atoms with Crippen molar-refractivity contribution < 1.29 is 4.68 Å². The number of aromatic amines is 3. The van der Waals surface area contributed by atoms with Gasteiger partial charge < -0.3 is 0 Å². The van der Waals surface area contributed by atoms with Gasteiger partial charge in [0.15, 0.2) is 6.20 Å². The van der Waals surface area contributed by atoms with Crippen LogP contribution in [0.25, 0.3) is 11.4 Å². The predicted molar refractivity (Wildman–Crippen MR) is 69.2 cm³/mol. The van der Waals surface area contributed by atoms with Crippen LogP contribution >= 0.6 is 0 Å². The number of aromatic nitrogens is 5. The first-order chi connectivity index (χ1) is 9.66. The average Bonchev–Trinajstić information content (AvgIpc) is 2.87. The third-order valence-corrected chi connectivity index (χ3v) is 2.75. The van der Waals surface area contributed by atoms with Crippen molar-refractivity contribution in [2.75, 3.05) is 0 Å². The van der Waals surface area contributed by atoms with Crippen molar-refractivity contribution >= 4 is 0 Å². The topological polar surface area (TPSA) is 107 Å². The number of benzene rings is 1. The fourth-order valence-electron chi connectivity index (χ4n) is 1.93. The number of H-pyrrole nitrogens is 3. The Morgan fingerprint density at radius 3 is 2.25 bits per heavy atom. The van der Waals surface area contributed by atoms with Crippen molar-refractivity contribution in [1.82, 2.24) is 19.6 Å². The molecule has 0 aliphatic carbocycles. The molecule has 2 heterocycles. The molecule has 8 heteroatoms. The second kappa shape index (κ2) is 4.50. The van der Waals surface area contributed by atoms with Crippen molar-refractivity contribution in [1.29, 1.82) is 0 Å². The molecule has 0 fully saturated rings. The first-order valence-electron chi connectivity index (χ1n) is 5.77. The molecule has 3 N–H and O–H groups in total. The van der Waals surface area contributed by atoms with Crippen molar-refractivity contribution in [3.8, 4) is 11.4 Å². The number of imidazole rings is 1. The van der Waals surface area contributed by atoms with E-state index in [0.717, 1.165) is 10.2 Å². The van der Waals surface area contributed by atoms with Gasteiger partial charge in [-0.05, 0) is 12.1 Å². The summed E-state index contributed by atoms with van der Waals surface area (Å²) < 4.78 is 2.12. The molecule has 0 spiro atoms. The van der Waals surface area contributed by atoms with Gasteiger partial charge in [0.05, 0.1) is 5.56 Å². The zero-order valence-electron chi connectivity index (χ0n) is 10.2. The molecule has 3 aromatic rings. The van der Waals surface area contributed by atoms with Crippen LogP contribution in [0, 0.1) is 0 Å². The van der Waals surface area contributed by atoms with Gasteiger partial charge in [-0.15, -0.1) is 4.68 Å². The fraction of sp³-hybridized carbons (Fsp3) is 0. The smallest absolute Gasteiger partial charge is 0.256 e. The summed E-state index contributed by atoms with van der Waals surface area (Å²) in [6.45, 7) is 0. The summed E-state index contributed by atoms with van der Waals surface area (Å²) in [5.74, 6) is 0.533. The standard InChI is InChI=1S/C12H9N5O3/c18-10-14-11(19)17(12(20)15-10)16-7-6-13-9(16)8-4-2-1-3-5-8/h1-7H,(H2,14,15,18,19,20)/p+1. The van der Waals surface area contributed by atoms with E-state index in [1.807, 2.05) is 40.3 Å². The SMILES string of the molecule is O=c1[nH]c(=O)n(-[n+]2cc[nH]c2-c2ccccc2)c(=O)[nH]1. The molecular formula is C12H10N5O3+. The van der Waals surface area contributed by atoms with Gasteiger partial charge in [0.2, 0.25) is 0 Å². The molecule has 0 aliphatic heterocycles. The molecule has 20 heavy (non-hydrogen) atoms. The molecule has 2 aromatic heterocycles. The molecule has 3 rings (SSSR count). The van der Waals surface area contributed by atoms with Gasteiger partial charge in [-0.3, -0.25) is 9.97 Å². The number of hydrogen-bond donors (Lipinski definition) is 3. The lowest BCUT2D eigenvalue weighted by Crippen LogP contribution is -2.59. The average molecular weight is 272 g/mol. The maximum absolute atomic E-state index is 11.8. The van der Waals surface area contributed by atoms with Gasteiger partial charge in [-0.2, -0.15) is 0 Å². The van der Waals surface area contributed by atoms with Crippen molar-refractivity contribution in [3.05, 3.63) is 74.2 Å². The van der Waals surface area contributed by atoms with Crippen LogP contribution in [-0.4, -0.2) is 19.6 Å². The van der Waals surface area contributed by atoms with Crippen LogP contribution in [0.2, 0.25) is 0 Å². The minimum Gasteiger partial charge on any atom is -0.256 e.